The van der Waals surface area contributed by atoms with Crippen molar-refractivity contribution in [2.75, 3.05) is 39.3 Å². The highest BCUT2D eigenvalue weighted by atomic mass is 16.4. The van der Waals surface area contributed by atoms with Crippen LogP contribution in [-0.2, 0) is 10.8 Å². The third-order valence-corrected chi connectivity index (χ3v) is 8.37. The molecule has 1 aromatic rings. The summed E-state index contributed by atoms with van der Waals surface area (Å²) in [6.07, 6.45) is 2.75. The molecular weight excluding hydrogens is 494 g/mol. The Bertz CT molecular complexity index is 789. The monoisotopic (exact) mass is 564 g/mol. The van der Waals surface area contributed by atoms with E-state index in [9.17, 15) is 0 Å². The number of hydrogen-bond donors (Lipinski definition) is 0. The summed E-state index contributed by atoms with van der Waals surface area (Å²) in [5, 5.41) is 8.07. The molecule has 2 saturated heterocycles. The van der Waals surface area contributed by atoms with Gasteiger partial charge in [0.2, 0.25) is 11.8 Å². The van der Waals surface area contributed by atoms with Gasteiger partial charge in [0, 0.05) is 54.1 Å². The number of piperazine rings is 1. The summed E-state index contributed by atoms with van der Waals surface area (Å²) in [6, 6.07) is 0.710. The highest BCUT2D eigenvalue weighted by Crippen LogP contribution is 2.35. The Labute approximate surface area is 250 Å². The second-order valence-corrected chi connectivity index (χ2v) is 17.5. The fourth-order valence-electron chi connectivity index (χ4n) is 5.15. The van der Waals surface area contributed by atoms with Gasteiger partial charge in [-0.3, -0.25) is 14.7 Å². The third kappa shape index (κ3) is 12.5. The lowest BCUT2D eigenvalue weighted by atomic mass is 9.75. The highest BCUT2D eigenvalue weighted by molar-refractivity contribution is 5.01. The molecule has 0 N–H and O–H groups in total. The van der Waals surface area contributed by atoms with Crippen LogP contribution in [0.25, 0.3) is 0 Å². The molecule has 0 unspecified atom stereocenters. The van der Waals surface area contributed by atoms with Crippen LogP contribution in [0.15, 0.2) is 4.42 Å². The van der Waals surface area contributed by atoms with Crippen molar-refractivity contribution in [3.63, 3.8) is 0 Å². The zero-order valence-corrected chi connectivity index (χ0v) is 30.0. The Balaban J connectivity index is 0.000000300. The Morgan fingerprint density at radius 1 is 0.575 bits per heavy atom. The standard InChI is InChI=1S/C13H27N.C11H24N2.C10H18N2O/c1-12(2,3)11-7-9-14(10-8-11)13(4,5)6;1-10(2)12-6-8-13(9-7-12)11(3,4)5;1-9(2,3)7-11-12-8(13-7)10(4,5)6/h11H,7-10H2,1-6H3;10H,6-9H2,1-5H3;1-6H3. The van der Waals surface area contributed by atoms with Crippen molar-refractivity contribution in [3.05, 3.63) is 11.8 Å². The largest absolute Gasteiger partial charge is 0.424 e. The Morgan fingerprint density at radius 3 is 1.18 bits per heavy atom. The number of piperidine rings is 1. The third-order valence-electron chi connectivity index (χ3n) is 8.37. The van der Waals surface area contributed by atoms with Gasteiger partial charge in [-0.2, -0.15) is 0 Å². The summed E-state index contributed by atoms with van der Waals surface area (Å²) in [4.78, 5) is 7.75. The molecule has 236 valence electrons. The Morgan fingerprint density at radius 2 is 0.925 bits per heavy atom. The molecule has 2 fully saturated rings. The van der Waals surface area contributed by atoms with Crippen molar-refractivity contribution in [3.8, 4) is 0 Å². The second-order valence-electron chi connectivity index (χ2n) is 17.5. The molecule has 0 atom stereocenters. The topological polar surface area (TPSA) is 48.6 Å². The first-order valence-electron chi connectivity index (χ1n) is 15.9. The number of nitrogens with zero attached hydrogens (tertiary/aromatic N) is 5. The lowest BCUT2D eigenvalue weighted by Crippen LogP contribution is -2.54. The maximum absolute atomic E-state index is 5.59. The molecule has 0 radical (unpaired) electrons. The van der Waals surface area contributed by atoms with Crippen molar-refractivity contribution in [2.24, 2.45) is 11.3 Å². The van der Waals surface area contributed by atoms with Crippen molar-refractivity contribution in [1.82, 2.24) is 24.9 Å². The normalized spacial score (nSPS) is 19.6. The van der Waals surface area contributed by atoms with E-state index in [1.165, 1.54) is 52.1 Å². The number of hydrogen-bond acceptors (Lipinski definition) is 6. The van der Waals surface area contributed by atoms with E-state index in [-0.39, 0.29) is 10.8 Å². The maximum atomic E-state index is 5.59. The molecule has 0 aliphatic carbocycles. The Kier molecular flexibility index (Phi) is 13.0. The second kappa shape index (κ2) is 14.0. The van der Waals surface area contributed by atoms with E-state index in [0.717, 1.165) is 5.92 Å². The molecule has 40 heavy (non-hydrogen) atoms. The zero-order chi connectivity index (χ0) is 31.3. The molecular formula is C34H69N5O. The predicted octanol–water partition coefficient (Wildman–Crippen LogP) is 8.02. The number of likely N-dealkylation sites (tertiary alicyclic amines) is 1. The minimum Gasteiger partial charge on any atom is -0.424 e. The summed E-state index contributed by atoms with van der Waals surface area (Å²) in [7, 11) is 0. The van der Waals surface area contributed by atoms with Crippen LogP contribution in [-0.4, -0.2) is 81.3 Å². The fraction of sp³-hybridized carbons (Fsp3) is 0.941. The molecule has 2 aliphatic heterocycles. The van der Waals surface area contributed by atoms with E-state index >= 15 is 0 Å². The van der Waals surface area contributed by atoms with Crippen molar-refractivity contribution in [2.45, 2.75) is 158 Å². The average Bonchev–Trinajstić information content (AvgIpc) is 3.30. The smallest absolute Gasteiger partial charge is 0.221 e. The molecule has 3 heterocycles. The van der Waals surface area contributed by atoms with E-state index in [2.05, 4.69) is 143 Å². The molecule has 6 nitrogen and oxygen atoms in total. The molecule has 0 amide bonds. The van der Waals surface area contributed by atoms with Crippen LogP contribution >= 0.6 is 0 Å². The average molecular weight is 564 g/mol. The van der Waals surface area contributed by atoms with Crippen LogP contribution in [0.5, 0.6) is 0 Å². The molecule has 6 heteroatoms. The van der Waals surface area contributed by atoms with Crippen LogP contribution in [0, 0.1) is 11.3 Å². The van der Waals surface area contributed by atoms with E-state index < -0.39 is 0 Å². The van der Waals surface area contributed by atoms with Gasteiger partial charge in [-0.15, -0.1) is 10.2 Å². The first kappa shape index (κ1) is 37.0. The quantitative estimate of drug-likeness (QED) is 0.345. The van der Waals surface area contributed by atoms with Gasteiger partial charge in [0.25, 0.3) is 0 Å². The summed E-state index contributed by atoms with van der Waals surface area (Å²) >= 11 is 0. The predicted molar refractivity (Wildman–Crippen MR) is 173 cm³/mol. The summed E-state index contributed by atoms with van der Waals surface area (Å²) in [6.45, 7) is 45.4. The van der Waals surface area contributed by atoms with Crippen molar-refractivity contribution in [1.29, 1.82) is 0 Å². The summed E-state index contributed by atoms with van der Waals surface area (Å²) in [5.41, 5.74) is 1.10. The fourth-order valence-corrected chi connectivity index (χ4v) is 5.15. The molecule has 1 aromatic heterocycles. The first-order valence-corrected chi connectivity index (χ1v) is 15.9. The first-order chi connectivity index (χ1) is 17.8. The summed E-state index contributed by atoms with van der Waals surface area (Å²) < 4.78 is 5.59. The lowest BCUT2D eigenvalue weighted by molar-refractivity contribution is 0.0491. The van der Waals surface area contributed by atoms with Gasteiger partial charge in [0.05, 0.1) is 0 Å². The Hall–Kier alpha value is -0.980. The maximum Gasteiger partial charge on any atom is 0.221 e. The lowest BCUT2D eigenvalue weighted by Gasteiger charge is -2.44. The van der Waals surface area contributed by atoms with E-state index in [0.29, 0.717) is 34.3 Å². The van der Waals surface area contributed by atoms with Crippen LogP contribution < -0.4 is 0 Å². The van der Waals surface area contributed by atoms with E-state index in [4.69, 9.17) is 4.42 Å². The van der Waals surface area contributed by atoms with Crippen LogP contribution in [0.3, 0.4) is 0 Å². The van der Waals surface area contributed by atoms with Gasteiger partial charge in [-0.05, 0) is 92.7 Å². The van der Waals surface area contributed by atoms with Gasteiger partial charge in [-0.1, -0.05) is 62.3 Å². The molecule has 0 saturated carbocycles. The number of rotatable bonds is 1. The zero-order valence-electron chi connectivity index (χ0n) is 30.0. The molecule has 0 spiro atoms. The molecule has 3 rings (SSSR count). The van der Waals surface area contributed by atoms with Gasteiger partial charge in [-0.25, -0.2) is 0 Å². The minimum atomic E-state index is -0.0590. The SMILES string of the molecule is CC(C)(C)C1CCN(C(C)(C)C)CC1.CC(C)(C)c1nnc(C(C)(C)C)o1.CC(C)N1CCN(C(C)(C)C)CC1. The van der Waals surface area contributed by atoms with Gasteiger partial charge in [0.15, 0.2) is 0 Å². The van der Waals surface area contributed by atoms with E-state index in [1.807, 2.05) is 0 Å². The van der Waals surface area contributed by atoms with Crippen molar-refractivity contribution < 1.29 is 4.42 Å². The molecule has 0 aromatic carbocycles. The van der Waals surface area contributed by atoms with Crippen LogP contribution in [0.1, 0.15) is 142 Å². The number of aromatic nitrogens is 2. The van der Waals surface area contributed by atoms with Crippen molar-refractivity contribution >= 4 is 0 Å². The highest BCUT2D eigenvalue weighted by Gasteiger charge is 2.32. The van der Waals surface area contributed by atoms with Gasteiger partial charge in [0.1, 0.15) is 0 Å². The minimum absolute atomic E-state index is 0.0590. The van der Waals surface area contributed by atoms with Gasteiger partial charge >= 0.3 is 0 Å². The van der Waals surface area contributed by atoms with Crippen LogP contribution in [0.2, 0.25) is 0 Å². The summed E-state index contributed by atoms with van der Waals surface area (Å²) in [5.74, 6) is 2.33. The molecule has 0 bridgehead atoms. The van der Waals surface area contributed by atoms with E-state index in [1.54, 1.807) is 0 Å². The van der Waals surface area contributed by atoms with Gasteiger partial charge < -0.3 is 4.42 Å². The van der Waals surface area contributed by atoms with Crippen LogP contribution in [0.4, 0.5) is 0 Å². The molecule has 2 aliphatic rings.